The molecule has 3 amide bonds. The van der Waals surface area contributed by atoms with E-state index in [-0.39, 0.29) is 38.0 Å². The van der Waals surface area contributed by atoms with Crippen LogP contribution in [0.25, 0.3) is 10.9 Å². The van der Waals surface area contributed by atoms with Gasteiger partial charge in [0.25, 0.3) is 0 Å². The minimum Gasteiger partial charge on any atom is -0.497 e. The van der Waals surface area contributed by atoms with Crippen molar-refractivity contribution in [2.24, 2.45) is 5.92 Å². The highest BCUT2D eigenvalue weighted by Gasteiger charge is 2.58. The van der Waals surface area contributed by atoms with Crippen molar-refractivity contribution in [3.8, 4) is 11.5 Å². The van der Waals surface area contributed by atoms with Crippen LogP contribution in [0.3, 0.4) is 0 Å². The number of hydrogen-bond donors (Lipinski definition) is 3. The highest BCUT2D eigenvalue weighted by molar-refractivity contribution is 5.95. The summed E-state index contributed by atoms with van der Waals surface area (Å²) in [4.78, 5) is 60.8. The lowest BCUT2D eigenvalue weighted by Crippen LogP contribution is -2.67. The van der Waals surface area contributed by atoms with E-state index in [1.165, 1.54) is 12.0 Å². The van der Waals surface area contributed by atoms with Crippen molar-refractivity contribution in [1.29, 1.82) is 0 Å². The number of carbonyl (C=O) groups is 4. The van der Waals surface area contributed by atoms with Crippen molar-refractivity contribution in [1.82, 2.24) is 20.5 Å². The molecule has 12 nitrogen and oxygen atoms in total. The number of aromatic nitrogens is 1. The van der Waals surface area contributed by atoms with Crippen LogP contribution in [0, 0.1) is 5.92 Å². The Hall–Kier alpha value is -4.42. The maximum absolute atomic E-state index is 16.7. The molecule has 1 aliphatic carbocycles. The van der Waals surface area contributed by atoms with Crippen molar-refractivity contribution >= 4 is 34.8 Å². The van der Waals surface area contributed by atoms with E-state index in [4.69, 9.17) is 19.2 Å². The van der Waals surface area contributed by atoms with Crippen LogP contribution in [0.5, 0.6) is 11.5 Å². The molecular formula is C38H49FN4O8. The SMILES string of the molecule is CCc1nc2ccc(OC)cc2c2c1OC1(CC2F)CC2C(=O)NC3(C(=O)O)CCC3C=CCCCCCC(NC(=O)OC(C)(C)C)C(=O)N2C1. The number of carboxylic acid groups (broad SMARTS) is 1. The molecule has 4 heterocycles. The Kier molecular flexibility index (Phi) is 9.95. The molecule has 276 valence electrons. The number of halogens is 1. The van der Waals surface area contributed by atoms with Crippen molar-refractivity contribution in [2.45, 2.75) is 127 Å². The Morgan fingerprint density at radius 3 is 2.63 bits per heavy atom. The summed E-state index contributed by atoms with van der Waals surface area (Å²) in [6.07, 6.45) is 5.73. The van der Waals surface area contributed by atoms with E-state index in [9.17, 15) is 24.3 Å². The zero-order chi connectivity index (χ0) is 36.7. The van der Waals surface area contributed by atoms with Crippen LogP contribution < -0.4 is 20.1 Å². The monoisotopic (exact) mass is 708 g/mol. The third-order valence-corrected chi connectivity index (χ3v) is 10.7. The van der Waals surface area contributed by atoms with E-state index in [1.54, 1.807) is 39.0 Å². The normalized spacial score (nSPS) is 29.7. The first-order valence-corrected chi connectivity index (χ1v) is 18.0. The van der Waals surface area contributed by atoms with Gasteiger partial charge >= 0.3 is 12.1 Å². The number of ether oxygens (including phenoxy) is 3. The fourth-order valence-electron chi connectivity index (χ4n) is 8.01. The fraction of sp³-hybridized carbons (Fsp3) is 0.605. The number of amides is 3. The first kappa shape index (κ1) is 36.4. The molecule has 0 bridgehead atoms. The Morgan fingerprint density at radius 1 is 1.18 bits per heavy atom. The van der Waals surface area contributed by atoms with Gasteiger partial charge in [-0.3, -0.25) is 9.59 Å². The van der Waals surface area contributed by atoms with E-state index >= 15 is 4.39 Å². The topological polar surface area (TPSA) is 156 Å². The summed E-state index contributed by atoms with van der Waals surface area (Å²) in [5.74, 6) is -1.94. The van der Waals surface area contributed by atoms with Gasteiger partial charge in [0, 0.05) is 29.7 Å². The van der Waals surface area contributed by atoms with Crippen LogP contribution in [-0.4, -0.2) is 81.3 Å². The van der Waals surface area contributed by atoms with Crippen LogP contribution in [-0.2, 0) is 25.5 Å². The largest absolute Gasteiger partial charge is 0.497 e. The Labute approximate surface area is 297 Å². The lowest BCUT2D eigenvalue weighted by Gasteiger charge is -2.46. The second kappa shape index (κ2) is 14.0. The zero-order valence-electron chi connectivity index (χ0n) is 30.1. The minimum absolute atomic E-state index is 0.0842. The quantitative estimate of drug-likeness (QED) is 0.339. The molecule has 2 fully saturated rings. The van der Waals surface area contributed by atoms with E-state index in [2.05, 4.69) is 10.6 Å². The molecule has 4 aliphatic rings. The van der Waals surface area contributed by atoms with Gasteiger partial charge in [-0.25, -0.2) is 19.0 Å². The maximum atomic E-state index is 16.7. The molecular weight excluding hydrogens is 659 g/mol. The number of methoxy groups -OCH3 is 1. The first-order valence-electron chi connectivity index (χ1n) is 18.0. The van der Waals surface area contributed by atoms with Crippen LogP contribution >= 0.6 is 0 Å². The number of hydrogen-bond acceptors (Lipinski definition) is 8. The molecule has 2 aromatic rings. The number of alkyl carbamates (subject to hydrolysis) is 1. The molecule has 1 aromatic heterocycles. The second-order valence-electron chi connectivity index (χ2n) is 15.4. The van der Waals surface area contributed by atoms with E-state index in [1.807, 2.05) is 19.1 Å². The number of aryl methyl sites for hydroxylation is 1. The number of allylic oxidation sites excluding steroid dienone is 1. The number of pyridine rings is 1. The Balaban J connectivity index is 1.40. The van der Waals surface area contributed by atoms with Gasteiger partial charge < -0.3 is 34.9 Å². The van der Waals surface area contributed by atoms with Gasteiger partial charge in [-0.2, -0.15) is 0 Å². The number of aliphatic carboxylic acids is 1. The smallest absolute Gasteiger partial charge is 0.408 e. The third kappa shape index (κ3) is 7.08. The van der Waals surface area contributed by atoms with Crippen molar-refractivity contribution in [3.63, 3.8) is 0 Å². The average molecular weight is 709 g/mol. The minimum atomic E-state index is -1.54. The molecule has 51 heavy (non-hydrogen) atoms. The molecule has 1 saturated heterocycles. The van der Waals surface area contributed by atoms with Crippen LogP contribution in [0.4, 0.5) is 9.18 Å². The number of alkyl halides is 1. The van der Waals surface area contributed by atoms with E-state index in [0.29, 0.717) is 47.2 Å². The van der Waals surface area contributed by atoms with Crippen molar-refractivity contribution in [3.05, 3.63) is 41.6 Å². The summed E-state index contributed by atoms with van der Waals surface area (Å²) in [7, 11) is 1.53. The average Bonchev–Trinajstić information content (AvgIpc) is 3.42. The molecule has 6 rings (SSSR count). The second-order valence-corrected chi connectivity index (χ2v) is 15.4. The molecule has 3 N–H and O–H groups in total. The number of fused-ring (bicyclic) bond motifs is 5. The highest BCUT2D eigenvalue weighted by atomic mass is 19.1. The lowest BCUT2D eigenvalue weighted by atomic mass is 9.66. The number of rotatable bonds is 4. The van der Waals surface area contributed by atoms with Gasteiger partial charge in [0.1, 0.15) is 46.5 Å². The lowest BCUT2D eigenvalue weighted by molar-refractivity contribution is -0.156. The summed E-state index contributed by atoms with van der Waals surface area (Å²) in [6.45, 7) is 6.91. The number of carboxylic acids is 1. The van der Waals surface area contributed by atoms with Crippen LogP contribution in [0.1, 0.15) is 103 Å². The zero-order valence-corrected chi connectivity index (χ0v) is 30.1. The number of nitrogens with zero attached hydrogens (tertiary/aromatic N) is 2. The Morgan fingerprint density at radius 2 is 1.96 bits per heavy atom. The van der Waals surface area contributed by atoms with Gasteiger partial charge in [-0.15, -0.1) is 0 Å². The molecule has 6 atom stereocenters. The summed E-state index contributed by atoms with van der Waals surface area (Å²) in [5.41, 5.74) is -2.20. The molecule has 0 radical (unpaired) electrons. The van der Waals surface area contributed by atoms with Gasteiger partial charge in [-0.05, 0) is 77.5 Å². The van der Waals surface area contributed by atoms with Crippen LogP contribution in [0.15, 0.2) is 30.4 Å². The number of nitrogens with one attached hydrogen (secondary N) is 2. The standard InChI is InChI=1S/C38H49FN4O8/c1-6-26-31-30(24-18-23(49-5)14-15-27(24)40-26)25(39)19-37(50-31)20-29-32(44)42-38(34(46)47)17-16-22(38)12-10-8-7-9-11-13-28(33(45)43(29)21-37)41-35(48)51-36(2,3)4/h10,12,14-15,18,22,25,28-29H,6-9,11,13,16-17,19-21H2,1-5H3,(H,41,48)(H,42,44)(H,46,47). The summed E-state index contributed by atoms with van der Waals surface area (Å²) in [6, 6.07) is 3.03. The van der Waals surface area contributed by atoms with E-state index < -0.39 is 64.8 Å². The van der Waals surface area contributed by atoms with Gasteiger partial charge in [0.05, 0.1) is 24.9 Å². The summed E-state index contributed by atoms with van der Waals surface area (Å²) in [5, 5.41) is 16.5. The van der Waals surface area contributed by atoms with Crippen molar-refractivity contribution in [2.75, 3.05) is 13.7 Å². The molecule has 3 aliphatic heterocycles. The van der Waals surface area contributed by atoms with Crippen LogP contribution in [0.2, 0.25) is 0 Å². The maximum Gasteiger partial charge on any atom is 0.408 e. The Bertz CT molecular complexity index is 1740. The molecule has 1 aromatic carbocycles. The first-order chi connectivity index (χ1) is 24.2. The fourth-order valence-corrected chi connectivity index (χ4v) is 8.01. The molecule has 1 spiro atoms. The van der Waals surface area contributed by atoms with Gasteiger partial charge in [0.15, 0.2) is 0 Å². The summed E-state index contributed by atoms with van der Waals surface area (Å²) < 4.78 is 34.4. The third-order valence-electron chi connectivity index (χ3n) is 10.7. The predicted molar refractivity (Wildman–Crippen MR) is 186 cm³/mol. The molecule has 1 saturated carbocycles. The van der Waals surface area contributed by atoms with Gasteiger partial charge in [0.2, 0.25) is 11.8 Å². The summed E-state index contributed by atoms with van der Waals surface area (Å²) >= 11 is 0. The predicted octanol–water partition coefficient (Wildman–Crippen LogP) is 5.70. The van der Waals surface area contributed by atoms with E-state index in [0.717, 1.165) is 19.3 Å². The molecule has 13 heteroatoms. The van der Waals surface area contributed by atoms with Crippen molar-refractivity contribution < 1.29 is 42.9 Å². The highest BCUT2D eigenvalue weighted by Crippen LogP contribution is 2.51. The number of carbonyl (C=O) groups excluding carboxylic acids is 3. The number of benzene rings is 1. The molecule has 6 unspecified atom stereocenters. The van der Waals surface area contributed by atoms with Gasteiger partial charge in [-0.1, -0.05) is 31.9 Å².